The van der Waals surface area contributed by atoms with E-state index in [1.165, 1.54) is 20.1 Å². The smallest absolute Gasteiger partial charge is 0.265 e. The van der Waals surface area contributed by atoms with Crippen molar-refractivity contribution in [2.75, 3.05) is 17.1 Å². The Kier molecular flexibility index (Phi) is 6.69. The largest absolute Gasteiger partial charge is 0.495 e. The van der Waals surface area contributed by atoms with Gasteiger partial charge in [0, 0.05) is 6.92 Å². The Bertz CT molecular complexity index is 1290. The van der Waals surface area contributed by atoms with Crippen LogP contribution >= 0.6 is 0 Å². The third-order valence-electron chi connectivity index (χ3n) is 4.94. The average Bonchev–Trinajstić information content (AvgIpc) is 3.08. The zero-order valence-corrected chi connectivity index (χ0v) is 19.3. The number of methoxy groups -OCH3 is 1. The molecule has 1 aromatic heterocycles. The number of carbonyl (C=O) groups excluding carboxylic acids is 1. The Balaban J connectivity index is 1.96. The number of rotatable bonds is 7. The van der Waals surface area contributed by atoms with Crippen LogP contribution < -0.4 is 14.8 Å². The van der Waals surface area contributed by atoms with Crippen LogP contribution in [-0.4, -0.2) is 26.6 Å². The van der Waals surface area contributed by atoms with E-state index in [9.17, 15) is 13.2 Å². The van der Waals surface area contributed by atoms with Crippen molar-refractivity contribution < 1.29 is 22.5 Å². The molecule has 0 aliphatic heterocycles. The molecule has 3 aromatic rings. The summed E-state index contributed by atoms with van der Waals surface area (Å²) in [4.78, 5) is 11.4. The molecule has 2 aromatic carbocycles. The summed E-state index contributed by atoms with van der Waals surface area (Å²) in [6.45, 7) is 6.88. The molecule has 3 rings (SSSR count). The lowest BCUT2D eigenvalue weighted by atomic mass is 10.1. The number of anilines is 2. The minimum absolute atomic E-state index is 0.00103. The molecule has 0 atom stereocenters. The second kappa shape index (κ2) is 9.27. The standard InChI is InChI=1S/C23H25N3O5S/c1-14-7-6-8-19(15(14)2)26-32(28,29)22-13-18(9-11-20(22)30-5)10-12-21-23(24-17(4)27)16(3)25-31-21/h6-13,26H,1-5H3,(H,24,27). The maximum Gasteiger partial charge on any atom is 0.265 e. The number of hydrogen-bond acceptors (Lipinski definition) is 6. The summed E-state index contributed by atoms with van der Waals surface area (Å²) in [5.41, 5.74) is 3.92. The second-order valence-electron chi connectivity index (χ2n) is 7.29. The molecule has 168 valence electrons. The molecule has 2 N–H and O–H groups in total. The predicted molar refractivity (Wildman–Crippen MR) is 124 cm³/mol. The van der Waals surface area contributed by atoms with E-state index in [1.54, 1.807) is 43.3 Å². The van der Waals surface area contributed by atoms with Crippen LogP contribution in [0.15, 0.2) is 45.8 Å². The minimum Gasteiger partial charge on any atom is -0.495 e. The molecular weight excluding hydrogens is 430 g/mol. The van der Waals surface area contributed by atoms with Crippen molar-refractivity contribution in [2.24, 2.45) is 0 Å². The maximum atomic E-state index is 13.2. The number of aromatic nitrogens is 1. The highest BCUT2D eigenvalue weighted by atomic mass is 32.2. The van der Waals surface area contributed by atoms with Crippen LogP contribution in [0.25, 0.3) is 12.2 Å². The summed E-state index contributed by atoms with van der Waals surface area (Å²) >= 11 is 0. The first-order valence-electron chi connectivity index (χ1n) is 9.81. The van der Waals surface area contributed by atoms with E-state index in [0.29, 0.717) is 28.4 Å². The van der Waals surface area contributed by atoms with Crippen molar-refractivity contribution in [3.05, 3.63) is 64.5 Å². The number of nitrogens with one attached hydrogen (secondary N) is 2. The van der Waals surface area contributed by atoms with E-state index in [0.717, 1.165) is 11.1 Å². The first-order chi connectivity index (χ1) is 15.1. The number of nitrogens with zero attached hydrogens (tertiary/aromatic N) is 1. The Morgan fingerprint density at radius 2 is 1.88 bits per heavy atom. The summed E-state index contributed by atoms with van der Waals surface area (Å²) in [7, 11) is -2.51. The number of benzene rings is 2. The van der Waals surface area contributed by atoms with Crippen LogP contribution in [0.4, 0.5) is 11.4 Å². The maximum absolute atomic E-state index is 13.2. The van der Waals surface area contributed by atoms with Gasteiger partial charge < -0.3 is 14.6 Å². The van der Waals surface area contributed by atoms with Gasteiger partial charge in [-0.05, 0) is 61.7 Å². The highest BCUT2D eigenvalue weighted by molar-refractivity contribution is 7.92. The Labute approximate surface area is 187 Å². The van der Waals surface area contributed by atoms with E-state index in [1.807, 2.05) is 19.9 Å². The summed E-state index contributed by atoms with van der Waals surface area (Å²) in [5.74, 6) is 0.321. The summed E-state index contributed by atoms with van der Waals surface area (Å²) in [6.07, 6.45) is 3.28. The van der Waals surface area contributed by atoms with Crippen LogP contribution in [0.3, 0.4) is 0 Å². The van der Waals surface area contributed by atoms with Gasteiger partial charge in [0.15, 0.2) is 5.76 Å². The van der Waals surface area contributed by atoms with Crippen LogP contribution in [0.5, 0.6) is 5.75 Å². The number of aryl methyl sites for hydroxylation is 2. The van der Waals surface area contributed by atoms with Gasteiger partial charge in [-0.2, -0.15) is 0 Å². The normalized spacial score (nSPS) is 11.5. The summed E-state index contributed by atoms with van der Waals surface area (Å²) < 4.78 is 39.5. The Hall–Kier alpha value is -3.59. The molecular formula is C23H25N3O5S. The van der Waals surface area contributed by atoms with Gasteiger partial charge in [-0.3, -0.25) is 9.52 Å². The molecule has 0 radical (unpaired) electrons. The molecule has 0 saturated heterocycles. The molecule has 1 amide bonds. The second-order valence-corrected chi connectivity index (χ2v) is 8.94. The molecule has 0 unspecified atom stereocenters. The van der Waals surface area contributed by atoms with Crippen LogP contribution in [0, 0.1) is 20.8 Å². The van der Waals surface area contributed by atoms with E-state index < -0.39 is 10.0 Å². The highest BCUT2D eigenvalue weighted by Crippen LogP contribution is 2.30. The molecule has 0 fully saturated rings. The van der Waals surface area contributed by atoms with E-state index in [4.69, 9.17) is 9.26 Å². The number of carbonyl (C=O) groups is 1. The van der Waals surface area contributed by atoms with E-state index in [-0.39, 0.29) is 16.6 Å². The highest BCUT2D eigenvalue weighted by Gasteiger charge is 2.21. The van der Waals surface area contributed by atoms with Gasteiger partial charge in [-0.25, -0.2) is 8.42 Å². The predicted octanol–water partition coefficient (Wildman–Crippen LogP) is 4.54. The molecule has 0 aliphatic carbocycles. The lowest BCUT2D eigenvalue weighted by Gasteiger charge is -2.14. The van der Waals surface area contributed by atoms with Crippen molar-refractivity contribution in [3.8, 4) is 5.75 Å². The number of ether oxygens (including phenoxy) is 1. The molecule has 8 nitrogen and oxygen atoms in total. The summed E-state index contributed by atoms with van der Waals surface area (Å²) in [5, 5.41) is 6.54. The van der Waals surface area contributed by atoms with E-state index in [2.05, 4.69) is 15.2 Å². The van der Waals surface area contributed by atoms with Crippen LogP contribution in [0.2, 0.25) is 0 Å². The fraction of sp³-hybridized carbons (Fsp3) is 0.217. The zero-order valence-electron chi connectivity index (χ0n) is 18.5. The number of amides is 1. The van der Waals surface area contributed by atoms with Gasteiger partial charge in [0.05, 0.1) is 12.8 Å². The Morgan fingerprint density at radius 3 is 2.56 bits per heavy atom. The van der Waals surface area contributed by atoms with Gasteiger partial charge in [-0.15, -0.1) is 0 Å². The number of sulfonamides is 1. The van der Waals surface area contributed by atoms with Gasteiger partial charge in [0.2, 0.25) is 5.91 Å². The van der Waals surface area contributed by atoms with Gasteiger partial charge >= 0.3 is 0 Å². The molecule has 0 spiro atoms. The van der Waals surface area contributed by atoms with Crippen molar-refractivity contribution in [1.82, 2.24) is 5.16 Å². The first kappa shape index (κ1) is 23.1. The Morgan fingerprint density at radius 1 is 1.12 bits per heavy atom. The zero-order chi connectivity index (χ0) is 23.5. The van der Waals surface area contributed by atoms with Gasteiger partial charge in [0.1, 0.15) is 22.0 Å². The fourth-order valence-corrected chi connectivity index (χ4v) is 4.40. The third-order valence-corrected chi connectivity index (χ3v) is 6.33. The molecule has 0 saturated carbocycles. The van der Waals surface area contributed by atoms with Gasteiger partial charge in [0.25, 0.3) is 10.0 Å². The van der Waals surface area contributed by atoms with Crippen molar-refractivity contribution in [2.45, 2.75) is 32.6 Å². The topological polar surface area (TPSA) is 111 Å². The SMILES string of the molecule is COc1ccc(C=Cc2onc(C)c2NC(C)=O)cc1S(=O)(=O)Nc1cccc(C)c1C. The van der Waals surface area contributed by atoms with Crippen molar-refractivity contribution in [3.63, 3.8) is 0 Å². The number of hydrogen-bond donors (Lipinski definition) is 2. The van der Waals surface area contributed by atoms with Crippen molar-refractivity contribution in [1.29, 1.82) is 0 Å². The monoisotopic (exact) mass is 455 g/mol. The first-order valence-corrected chi connectivity index (χ1v) is 11.3. The quantitative estimate of drug-likeness (QED) is 0.541. The fourth-order valence-electron chi connectivity index (χ4n) is 3.07. The van der Waals surface area contributed by atoms with Crippen molar-refractivity contribution >= 4 is 39.5 Å². The van der Waals surface area contributed by atoms with Crippen LogP contribution in [-0.2, 0) is 14.8 Å². The molecule has 9 heteroatoms. The van der Waals surface area contributed by atoms with E-state index >= 15 is 0 Å². The molecule has 1 heterocycles. The lowest BCUT2D eigenvalue weighted by Crippen LogP contribution is -2.15. The van der Waals surface area contributed by atoms with Gasteiger partial charge in [-0.1, -0.05) is 29.4 Å². The molecule has 0 aliphatic rings. The third kappa shape index (κ3) is 5.00. The molecule has 0 bridgehead atoms. The van der Waals surface area contributed by atoms with Crippen LogP contribution in [0.1, 0.15) is 35.1 Å². The average molecular weight is 456 g/mol. The minimum atomic E-state index is -3.92. The lowest BCUT2D eigenvalue weighted by molar-refractivity contribution is -0.114. The summed E-state index contributed by atoms with van der Waals surface area (Å²) in [6, 6.07) is 10.2. The molecule has 32 heavy (non-hydrogen) atoms.